The molecule has 1 amide bonds. The predicted octanol–water partition coefficient (Wildman–Crippen LogP) is 5.00. The summed E-state index contributed by atoms with van der Waals surface area (Å²) in [6, 6.07) is 10.6. The summed E-state index contributed by atoms with van der Waals surface area (Å²) in [4.78, 5) is 19.7. The number of carbonyl (C=O) groups is 1. The van der Waals surface area contributed by atoms with Gasteiger partial charge in [0, 0.05) is 37.7 Å². The first-order valence-electron chi connectivity index (χ1n) is 11.8. The molecule has 1 aromatic carbocycles. The zero-order chi connectivity index (χ0) is 21.9. The number of carbonyl (C=O) groups excluding carboxylic acids is 1. The lowest BCUT2D eigenvalue weighted by Gasteiger charge is -2.33. The maximum atomic E-state index is 13.1. The molecule has 0 unspecified atom stereocenters. The Labute approximate surface area is 187 Å². The van der Waals surface area contributed by atoms with Gasteiger partial charge in [-0.15, -0.1) is 0 Å². The summed E-state index contributed by atoms with van der Waals surface area (Å²) in [6.45, 7) is 2.18. The number of amides is 1. The fourth-order valence-corrected chi connectivity index (χ4v) is 5.11. The number of piperidine rings is 1. The number of benzene rings is 1. The normalized spacial score (nSPS) is 19.5. The van der Waals surface area contributed by atoms with Gasteiger partial charge in [-0.1, -0.05) is 25.0 Å². The van der Waals surface area contributed by atoms with Crippen LogP contribution in [0.5, 0.6) is 0 Å². The summed E-state index contributed by atoms with van der Waals surface area (Å²) in [5, 5.41) is 11.6. The molecular formula is C25H30FN5O. The number of nitrogens with zero attached hydrogens (tertiary/aromatic N) is 3. The Morgan fingerprint density at radius 3 is 2.72 bits per heavy atom. The van der Waals surface area contributed by atoms with Gasteiger partial charge in [-0.2, -0.15) is 5.10 Å². The van der Waals surface area contributed by atoms with E-state index >= 15 is 0 Å². The molecule has 3 aromatic rings. The lowest BCUT2D eigenvalue weighted by atomic mass is 9.93. The largest absolute Gasteiger partial charge is 0.364 e. The Kier molecular flexibility index (Phi) is 6.06. The van der Waals surface area contributed by atoms with Crippen molar-refractivity contribution in [2.75, 3.05) is 18.4 Å². The van der Waals surface area contributed by atoms with Crippen LogP contribution in [0.3, 0.4) is 0 Å². The molecule has 7 heteroatoms. The minimum atomic E-state index is -0.239. The van der Waals surface area contributed by atoms with E-state index < -0.39 is 0 Å². The van der Waals surface area contributed by atoms with Gasteiger partial charge in [0.05, 0.1) is 5.39 Å². The van der Waals surface area contributed by atoms with Crippen LogP contribution < -0.4 is 5.32 Å². The summed E-state index contributed by atoms with van der Waals surface area (Å²) < 4.78 is 13.1. The Morgan fingerprint density at radius 2 is 1.91 bits per heavy atom. The SMILES string of the molecule is O=C(CC1CCCC1)N1CCC[C@@H](c2ccc3c(NCc4ccc(F)cc4)n[nH]c3n2)C1. The molecule has 1 saturated heterocycles. The van der Waals surface area contributed by atoms with Gasteiger partial charge in [-0.25, -0.2) is 9.37 Å². The second-order valence-corrected chi connectivity index (χ2v) is 9.22. The average Bonchev–Trinajstić information content (AvgIpc) is 3.48. The molecule has 0 radical (unpaired) electrons. The van der Waals surface area contributed by atoms with E-state index in [2.05, 4.69) is 26.5 Å². The van der Waals surface area contributed by atoms with Crippen molar-refractivity contribution in [1.82, 2.24) is 20.1 Å². The molecule has 2 N–H and O–H groups in total. The van der Waals surface area contributed by atoms with Gasteiger partial charge in [0.2, 0.25) is 5.91 Å². The van der Waals surface area contributed by atoms with Crippen LogP contribution in [0.25, 0.3) is 11.0 Å². The number of H-pyrrole nitrogens is 1. The van der Waals surface area contributed by atoms with Crippen LogP contribution >= 0.6 is 0 Å². The molecule has 1 atom stereocenters. The highest BCUT2D eigenvalue weighted by atomic mass is 19.1. The molecule has 3 heterocycles. The van der Waals surface area contributed by atoms with E-state index in [1.54, 1.807) is 12.1 Å². The first-order chi connectivity index (χ1) is 15.7. The van der Waals surface area contributed by atoms with E-state index in [0.29, 0.717) is 24.8 Å². The van der Waals surface area contributed by atoms with E-state index in [9.17, 15) is 9.18 Å². The van der Waals surface area contributed by atoms with Crippen molar-refractivity contribution in [3.8, 4) is 0 Å². The number of halogens is 1. The minimum Gasteiger partial charge on any atom is -0.364 e. The van der Waals surface area contributed by atoms with Crippen LogP contribution in [-0.2, 0) is 11.3 Å². The van der Waals surface area contributed by atoms with Crippen LogP contribution in [0.4, 0.5) is 10.2 Å². The highest BCUT2D eigenvalue weighted by molar-refractivity contribution is 5.87. The standard InChI is InChI=1S/C25H30FN5O/c26-20-9-7-18(8-10-20)15-27-24-21-11-12-22(28-25(21)30-29-24)19-6-3-13-31(16-19)23(32)14-17-4-1-2-5-17/h7-12,17,19H,1-6,13-16H2,(H2,27,28,29,30)/t19-/m1/s1. The van der Waals surface area contributed by atoms with Crippen LogP contribution in [0.15, 0.2) is 36.4 Å². The van der Waals surface area contributed by atoms with Gasteiger partial charge in [-0.3, -0.25) is 9.89 Å². The van der Waals surface area contributed by atoms with Gasteiger partial charge >= 0.3 is 0 Å². The molecule has 168 valence electrons. The Balaban J connectivity index is 1.24. The first-order valence-corrected chi connectivity index (χ1v) is 11.8. The van der Waals surface area contributed by atoms with Gasteiger partial charge < -0.3 is 10.2 Å². The summed E-state index contributed by atoms with van der Waals surface area (Å²) in [7, 11) is 0. The molecule has 2 fully saturated rings. The topological polar surface area (TPSA) is 73.9 Å². The molecule has 0 spiro atoms. The lowest BCUT2D eigenvalue weighted by molar-refractivity contribution is -0.133. The molecule has 2 aromatic heterocycles. The van der Waals surface area contributed by atoms with Crippen molar-refractivity contribution >= 4 is 22.8 Å². The molecular weight excluding hydrogens is 405 g/mol. The van der Waals surface area contributed by atoms with Gasteiger partial charge in [0.15, 0.2) is 11.5 Å². The number of fused-ring (bicyclic) bond motifs is 1. The number of aromatic nitrogens is 3. The summed E-state index contributed by atoms with van der Waals surface area (Å²) in [6.07, 6.45) is 7.74. The Morgan fingerprint density at radius 1 is 1.09 bits per heavy atom. The van der Waals surface area contributed by atoms with Crippen LogP contribution in [0.1, 0.15) is 62.1 Å². The number of aromatic amines is 1. The van der Waals surface area contributed by atoms with Crippen LogP contribution in [0.2, 0.25) is 0 Å². The quantitative estimate of drug-likeness (QED) is 0.572. The predicted molar refractivity (Wildman–Crippen MR) is 123 cm³/mol. The third kappa shape index (κ3) is 4.61. The Bertz CT molecular complexity index is 1070. The van der Waals surface area contributed by atoms with Crippen LogP contribution in [0, 0.1) is 11.7 Å². The molecule has 2 aliphatic rings. The third-order valence-corrected chi connectivity index (χ3v) is 6.95. The lowest BCUT2D eigenvalue weighted by Crippen LogP contribution is -2.39. The van der Waals surface area contributed by atoms with Crippen molar-refractivity contribution in [2.45, 2.75) is 57.4 Å². The number of hydrogen-bond acceptors (Lipinski definition) is 4. The first kappa shape index (κ1) is 20.9. The van der Waals surface area contributed by atoms with Crippen molar-refractivity contribution in [3.05, 3.63) is 53.5 Å². The second kappa shape index (κ2) is 9.27. The van der Waals surface area contributed by atoms with Gasteiger partial charge in [-0.05, 0) is 61.4 Å². The maximum absolute atomic E-state index is 13.1. The van der Waals surface area contributed by atoms with E-state index in [4.69, 9.17) is 4.98 Å². The third-order valence-electron chi connectivity index (χ3n) is 6.95. The molecule has 1 saturated carbocycles. The minimum absolute atomic E-state index is 0.239. The number of likely N-dealkylation sites (tertiary alicyclic amines) is 1. The highest BCUT2D eigenvalue weighted by Gasteiger charge is 2.28. The summed E-state index contributed by atoms with van der Waals surface area (Å²) in [5.74, 6) is 1.66. The number of pyridine rings is 1. The Hall–Kier alpha value is -2.96. The van der Waals surface area contributed by atoms with Crippen molar-refractivity contribution in [1.29, 1.82) is 0 Å². The molecule has 6 nitrogen and oxygen atoms in total. The van der Waals surface area contributed by atoms with Gasteiger partial charge in [0.1, 0.15) is 5.82 Å². The number of nitrogens with one attached hydrogen (secondary N) is 2. The van der Waals surface area contributed by atoms with Gasteiger partial charge in [0.25, 0.3) is 0 Å². The summed E-state index contributed by atoms with van der Waals surface area (Å²) in [5.41, 5.74) is 2.75. The molecule has 1 aliphatic heterocycles. The second-order valence-electron chi connectivity index (χ2n) is 9.22. The summed E-state index contributed by atoms with van der Waals surface area (Å²) >= 11 is 0. The van der Waals surface area contributed by atoms with Crippen LogP contribution in [-0.4, -0.2) is 39.1 Å². The zero-order valence-corrected chi connectivity index (χ0v) is 18.3. The molecule has 5 rings (SSSR count). The molecule has 1 aliphatic carbocycles. The van der Waals surface area contributed by atoms with E-state index in [1.807, 2.05) is 6.07 Å². The van der Waals surface area contributed by atoms with Crippen molar-refractivity contribution < 1.29 is 9.18 Å². The zero-order valence-electron chi connectivity index (χ0n) is 18.3. The smallest absolute Gasteiger partial charge is 0.222 e. The number of hydrogen-bond donors (Lipinski definition) is 2. The monoisotopic (exact) mass is 435 g/mol. The molecule has 0 bridgehead atoms. The highest BCUT2D eigenvalue weighted by Crippen LogP contribution is 2.31. The maximum Gasteiger partial charge on any atom is 0.222 e. The number of rotatable bonds is 6. The fraction of sp³-hybridized carbons (Fsp3) is 0.480. The van der Waals surface area contributed by atoms with E-state index in [1.165, 1.54) is 37.8 Å². The average molecular weight is 436 g/mol. The number of anilines is 1. The van der Waals surface area contributed by atoms with E-state index in [0.717, 1.165) is 54.0 Å². The van der Waals surface area contributed by atoms with Crippen molar-refractivity contribution in [2.24, 2.45) is 5.92 Å². The van der Waals surface area contributed by atoms with E-state index in [-0.39, 0.29) is 11.7 Å². The van der Waals surface area contributed by atoms with Crippen molar-refractivity contribution in [3.63, 3.8) is 0 Å². The molecule has 32 heavy (non-hydrogen) atoms. The fourth-order valence-electron chi connectivity index (χ4n) is 5.11.